The van der Waals surface area contributed by atoms with Crippen LogP contribution in [0.4, 0.5) is 0 Å². The molecule has 0 fully saturated rings. The van der Waals surface area contributed by atoms with Crippen LogP contribution in [0.3, 0.4) is 0 Å². The maximum atomic E-state index is 5.38. The Kier molecular flexibility index (Phi) is 3.91. The molecule has 1 rings (SSSR count). The van der Waals surface area contributed by atoms with Crippen molar-refractivity contribution in [1.82, 2.24) is 9.91 Å². The van der Waals surface area contributed by atoms with Gasteiger partial charge in [0.2, 0.25) is 0 Å². The van der Waals surface area contributed by atoms with E-state index in [9.17, 15) is 0 Å². The zero-order valence-corrected chi connectivity index (χ0v) is 6.71. The van der Waals surface area contributed by atoms with Gasteiger partial charge in [-0.3, -0.25) is 5.01 Å². The van der Waals surface area contributed by atoms with Gasteiger partial charge in [0.1, 0.15) is 0 Å². The molecule has 0 aromatic carbocycles. The average molecular weight is 162 g/mol. The van der Waals surface area contributed by atoms with E-state index in [0.717, 1.165) is 6.54 Å². The number of halogens is 1. The average Bonchev–Trinajstić information content (AvgIpc) is 1.90. The molecule has 0 saturated carbocycles. The predicted octanol–water partition coefficient (Wildman–Crippen LogP) is 0.862. The zero-order chi connectivity index (χ0) is 6.69. The van der Waals surface area contributed by atoms with Crippen LogP contribution in [0.15, 0.2) is 24.8 Å². The summed E-state index contributed by atoms with van der Waals surface area (Å²) in [6.45, 7) is 3.07. The van der Waals surface area contributed by atoms with E-state index in [0.29, 0.717) is 0 Å². The van der Waals surface area contributed by atoms with E-state index in [2.05, 4.69) is 6.92 Å². The number of rotatable bonds is 1. The van der Waals surface area contributed by atoms with Crippen molar-refractivity contribution in [1.29, 1.82) is 0 Å². The highest BCUT2D eigenvalue weighted by Gasteiger charge is 1.94. The van der Waals surface area contributed by atoms with Crippen LogP contribution in [0, 0.1) is 0 Å². The minimum absolute atomic E-state index is 0. The van der Waals surface area contributed by atoms with Gasteiger partial charge in [-0.2, -0.15) is 0 Å². The highest BCUT2D eigenvalue weighted by molar-refractivity contribution is 5.85. The van der Waals surface area contributed by atoms with Crippen molar-refractivity contribution in [3.05, 3.63) is 24.8 Å². The van der Waals surface area contributed by atoms with Crippen molar-refractivity contribution >= 4 is 12.4 Å². The van der Waals surface area contributed by atoms with Gasteiger partial charge in [0.15, 0.2) is 0 Å². The molecule has 3 nitrogen and oxygen atoms in total. The van der Waals surface area contributed by atoms with Crippen LogP contribution in [0.5, 0.6) is 0 Å². The van der Waals surface area contributed by atoms with Crippen LogP contribution >= 0.6 is 12.4 Å². The lowest BCUT2D eigenvalue weighted by Gasteiger charge is -2.19. The molecule has 0 aromatic heterocycles. The zero-order valence-electron chi connectivity index (χ0n) is 5.90. The van der Waals surface area contributed by atoms with Crippen LogP contribution < -0.4 is 5.84 Å². The number of hydrogen-bond donors (Lipinski definition) is 1. The number of hydrazine groups is 1. The number of nitrogens with two attached hydrogens (primary N) is 1. The lowest BCUT2D eigenvalue weighted by molar-refractivity contribution is 0.444. The standard InChI is InChI=1S/C6H11N3.ClH/c1-2-8-3-5-9(7)6-4-8;/h3-6H,2,7H2,1H3;1H. The third kappa shape index (κ3) is 2.29. The van der Waals surface area contributed by atoms with Gasteiger partial charge in [-0.25, -0.2) is 5.84 Å². The van der Waals surface area contributed by atoms with E-state index >= 15 is 0 Å². The quantitative estimate of drug-likeness (QED) is 0.580. The van der Waals surface area contributed by atoms with Crippen molar-refractivity contribution < 1.29 is 0 Å². The molecule has 0 spiro atoms. The molecule has 0 unspecified atom stereocenters. The summed E-state index contributed by atoms with van der Waals surface area (Å²) < 4.78 is 0. The summed E-state index contributed by atoms with van der Waals surface area (Å²) in [6, 6.07) is 0. The molecular weight excluding hydrogens is 150 g/mol. The Labute approximate surface area is 67.2 Å². The second-order valence-electron chi connectivity index (χ2n) is 1.87. The van der Waals surface area contributed by atoms with Gasteiger partial charge in [-0.15, -0.1) is 12.4 Å². The Morgan fingerprint density at radius 1 is 1.20 bits per heavy atom. The first-order valence-corrected chi connectivity index (χ1v) is 2.98. The van der Waals surface area contributed by atoms with Gasteiger partial charge in [0.25, 0.3) is 0 Å². The lowest BCUT2D eigenvalue weighted by Crippen LogP contribution is -2.24. The van der Waals surface area contributed by atoms with Gasteiger partial charge in [-0.05, 0) is 6.92 Å². The van der Waals surface area contributed by atoms with Crippen molar-refractivity contribution in [3.8, 4) is 0 Å². The molecule has 1 aliphatic rings. The monoisotopic (exact) mass is 161 g/mol. The topological polar surface area (TPSA) is 32.5 Å². The summed E-state index contributed by atoms with van der Waals surface area (Å²) in [5.74, 6) is 5.38. The first kappa shape index (κ1) is 9.33. The van der Waals surface area contributed by atoms with Crippen molar-refractivity contribution in [3.63, 3.8) is 0 Å². The van der Waals surface area contributed by atoms with Crippen molar-refractivity contribution in [2.24, 2.45) is 5.84 Å². The Bertz CT molecular complexity index is 130. The summed E-state index contributed by atoms with van der Waals surface area (Å²) in [4.78, 5) is 2.04. The fraction of sp³-hybridized carbons (Fsp3) is 0.333. The third-order valence-corrected chi connectivity index (χ3v) is 1.23. The number of nitrogens with zero attached hydrogens (tertiary/aromatic N) is 2. The SMILES string of the molecule is CCN1C=CN(N)C=C1.Cl. The minimum atomic E-state index is 0. The molecular formula is C6H12ClN3. The summed E-state index contributed by atoms with van der Waals surface area (Å²) >= 11 is 0. The van der Waals surface area contributed by atoms with E-state index in [1.807, 2.05) is 29.7 Å². The molecule has 0 radical (unpaired) electrons. The molecule has 0 atom stereocenters. The van der Waals surface area contributed by atoms with Crippen LogP contribution in [0.25, 0.3) is 0 Å². The van der Waals surface area contributed by atoms with Crippen molar-refractivity contribution in [2.75, 3.05) is 6.54 Å². The summed E-state index contributed by atoms with van der Waals surface area (Å²) in [5.41, 5.74) is 0. The second-order valence-corrected chi connectivity index (χ2v) is 1.87. The fourth-order valence-corrected chi connectivity index (χ4v) is 0.635. The Morgan fingerprint density at radius 3 is 2.10 bits per heavy atom. The van der Waals surface area contributed by atoms with E-state index in [4.69, 9.17) is 5.84 Å². The van der Waals surface area contributed by atoms with E-state index in [1.54, 1.807) is 0 Å². The molecule has 2 N–H and O–H groups in total. The molecule has 1 aliphatic heterocycles. The van der Waals surface area contributed by atoms with Crippen LogP contribution in [0.2, 0.25) is 0 Å². The van der Waals surface area contributed by atoms with Gasteiger partial charge in [0, 0.05) is 31.3 Å². The molecule has 0 aliphatic carbocycles. The fourth-order valence-electron chi connectivity index (χ4n) is 0.635. The van der Waals surface area contributed by atoms with Gasteiger partial charge >= 0.3 is 0 Å². The molecule has 0 amide bonds. The van der Waals surface area contributed by atoms with Crippen LogP contribution in [0.1, 0.15) is 6.92 Å². The van der Waals surface area contributed by atoms with Crippen molar-refractivity contribution in [2.45, 2.75) is 6.92 Å². The van der Waals surface area contributed by atoms with Gasteiger partial charge in [-0.1, -0.05) is 0 Å². The normalized spacial score (nSPS) is 15.4. The third-order valence-electron chi connectivity index (χ3n) is 1.23. The maximum Gasteiger partial charge on any atom is 0.0369 e. The molecule has 58 valence electrons. The Morgan fingerprint density at radius 2 is 1.70 bits per heavy atom. The summed E-state index contributed by atoms with van der Waals surface area (Å²) in [6.07, 6.45) is 7.48. The largest absolute Gasteiger partial charge is 0.352 e. The van der Waals surface area contributed by atoms with E-state index in [1.165, 1.54) is 5.01 Å². The smallest absolute Gasteiger partial charge is 0.0369 e. The molecule has 0 bridgehead atoms. The predicted molar refractivity (Wildman–Crippen MR) is 43.9 cm³/mol. The van der Waals surface area contributed by atoms with E-state index in [-0.39, 0.29) is 12.4 Å². The van der Waals surface area contributed by atoms with Gasteiger partial charge < -0.3 is 4.90 Å². The lowest BCUT2D eigenvalue weighted by atomic mass is 10.5. The van der Waals surface area contributed by atoms with Gasteiger partial charge in [0.05, 0.1) is 0 Å². The van der Waals surface area contributed by atoms with E-state index < -0.39 is 0 Å². The molecule has 10 heavy (non-hydrogen) atoms. The molecule has 1 heterocycles. The van der Waals surface area contributed by atoms with Crippen LogP contribution in [-0.2, 0) is 0 Å². The minimum Gasteiger partial charge on any atom is -0.352 e. The second kappa shape index (κ2) is 4.19. The molecule has 0 aromatic rings. The Hall–Kier alpha value is -0.670. The highest BCUT2D eigenvalue weighted by atomic mass is 35.5. The van der Waals surface area contributed by atoms with Crippen LogP contribution in [-0.4, -0.2) is 16.5 Å². The number of hydrogen-bond acceptors (Lipinski definition) is 3. The highest BCUT2D eigenvalue weighted by Crippen LogP contribution is 1.98. The first-order chi connectivity index (χ1) is 4.33. The summed E-state index contributed by atoms with van der Waals surface area (Å²) in [7, 11) is 0. The molecule has 0 saturated heterocycles. The molecule has 4 heteroatoms. The Balaban J connectivity index is 0.000000810. The maximum absolute atomic E-state index is 5.38. The summed E-state index contributed by atoms with van der Waals surface area (Å²) in [5, 5.41) is 1.52. The first-order valence-electron chi connectivity index (χ1n) is 2.98.